The number of carbonyl (C=O) groups excluding carboxylic acids is 2. The predicted molar refractivity (Wildman–Crippen MR) is 125 cm³/mol. The van der Waals surface area contributed by atoms with Crippen molar-refractivity contribution in [1.29, 1.82) is 0 Å². The van der Waals surface area contributed by atoms with Crippen molar-refractivity contribution in [2.75, 3.05) is 26.7 Å². The summed E-state index contributed by atoms with van der Waals surface area (Å²) in [5.41, 5.74) is 2.70. The van der Waals surface area contributed by atoms with Crippen LogP contribution in [0.15, 0.2) is 61.2 Å². The van der Waals surface area contributed by atoms with Gasteiger partial charge in [0.1, 0.15) is 5.75 Å². The van der Waals surface area contributed by atoms with Gasteiger partial charge >= 0.3 is 0 Å². The number of aryl methyl sites for hydroxylation is 1. The summed E-state index contributed by atoms with van der Waals surface area (Å²) < 4.78 is 13.3. The molecule has 4 rings (SSSR count). The normalized spacial score (nSPS) is 16.4. The largest absolute Gasteiger partial charge is 0.496 e. The summed E-state index contributed by atoms with van der Waals surface area (Å²) >= 11 is 0. The summed E-state index contributed by atoms with van der Waals surface area (Å²) in [7, 11) is 3.42. The molecule has 3 heterocycles. The van der Waals surface area contributed by atoms with Gasteiger partial charge in [-0.15, -0.1) is 0 Å². The number of para-hydroxylation sites is 1. The number of amides is 2. The standard InChI is InChI=1S/C25H29N5O4/c1-28-13-20(12-27-28)14-29-15-22(34-18-19-7-9-26-10-8-19)16-30(17-25(29)32)24(31)11-21-5-3-4-6-23(21)33-2/h3-10,12-13,22H,11,14-18H2,1-2H3/t22-/m0/s1. The molecule has 0 unspecified atom stereocenters. The average Bonchev–Trinajstić information content (AvgIpc) is 3.19. The van der Waals surface area contributed by atoms with Crippen LogP contribution in [-0.4, -0.2) is 69.2 Å². The van der Waals surface area contributed by atoms with E-state index in [1.165, 1.54) is 0 Å². The van der Waals surface area contributed by atoms with E-state index in [4.69, 9.17) is 9.47 Å². The van der Waals surface area contributed by atoms with Gasteiger partial charge in [-0.1, -0.05) is 18.2 Å². The van der Waals surface area contributed by atoms with E-state index >= 15 is 0 Å². The van der Waals surface area contributed by atoms with Crippen molar-refractivity contribution in [1.82, 2.24) is 24.6 Å². The zero-order chi connectivity index (χ0) is 23.9. The molecule has 1 fully saturated rings. The van der Waals surface area contributed by atoms with Gasteiger partial charge in [0.15, 0.2) is 0 Å². The molecule has 9 nitrogen and oxygen atoms in total. The van der Waals surface area contributed by atoms with Crippen molar-refractivity contribution >= 4 is 11.8 Å². The quantitative estimate of drug-likeness (QED) is 0.506. The Morgan fingerprint density at radius 2 is 1.91 bits per heavy atom. The molecule has 0 N–H and O–H groups in total. The highest BCUT2D eigenvalue weighted by molar-refractivity contribution is 5.86. The van der Waals surface area contributed by atoms with Crippen molar-refractivity contribution in [3.05, 3.63) is 77.9 Å². The number of methoxy groups -OCH3 is 1. The number of nitrogens with zero attached hydrogens (tertiary/aromatic N) is 5. The maximum absolute atomic E-state index is 13.2. The predicted octanol–water partition coefficient (Wildman–Crippen LogP) is 1.82. The van der Waals surface area contributed by atoms with E-state index in [1.54, 1.807) is 40.2 Å². The fourth-order valence-corrected chi connectivity index (χ4v) is 4.02. The van der Waals surface area contributed by atoms with Crippen molar-refractivity contribution in [3.8, 4) is 5.75 Å². The highest BCUT2D eigenvalue weighted by Crippen LogP contribution is 2.20. The van der Waals surface area contributed by atoms with Crippen LogP contribution in [0.2, 0.25) is 0 Å². The summed E-state index contributed by atoms with van der Waals surface area (Å²) in [4.78, 5) is 33.8. The molecule has 9 heteroatoms. The first-order valence-electron chi connectivity index (χ1n) is 11.2. The fraction of sp³-hybridized carbons (Fsp3) is 0.360. The molecule has 0 spiro atoms. The number of pyridine rings is 1. The third kappa shape index (κ3) is 5.99. The number of rotatable bonds is 8. The SMILES string of the molecule is COc1ccccc1CC(=O)N1CC(=O)N(Cc2cnn(C)c2)C[C@H](OCc2ccncc2)C1. The molecule has 0 radical (unpaired) electrons. The van der Waals surface area contributed by atoms with Crippen molar-refractivity contribution in [2.45, 2.75) is 25.7 Å². The summed E-state index contributed by atoms with van der Waals surface area (Å²) in [5.74, 6) is 0.395. The molecule has 2 amide bonds. The van der Waals surface area contributed by atoms with Crippen LogP contribution in [-0.2, 0) is 40.9 Å². The first-order valence-corrected chi connectivity index (χ1v) is 11.2. The summed E-state index contributed by atoms with van der Waals surface area (Å²) in [6, 6.07) is 11.2. The Morgan fingerprint density at radius 3 is 2.65 bits per heavy atom. The van der Waals surface area contributed by atoms with Crippen molar-refractivity contribution < 1.29 is 19.1 Å². The van der Waals surface area contributed by atoms with Gasteiger partial charge in [0.05, 0.1) is 39.0 Å². The molecule has 0 aliphatic carbocycles. The lowest BCUT2D eigenvalue weighted by atomic mass is 10.1. The van der Waals surface area contributed by atoms with Gasteiger partial charge in [-0.3, -0.25) is 19.3 Å². The monoisotopic (exact) mass is 463 g/mol. The van der Waals surface area contributed by atoms with E-state index in [0.29, 0.717) is 32.0 Å². The van der Waals surface area contributed by atoms with Crippen LogP contribution in [0.5, 0.6) is 5.75 Å². The van der Waals surface area contributed by atoms with Gasteiger partial charge in [-0.2, -0.15) is 5.10 Å². The highest BCUT2D eigenvalue weighted by Gasteiger charge is 2.31. The van der Waals surface area contributed by atoms with Gasteiger partial charge in [-0.05, 0) is 23.8 Å². The van der Waals surface area contributed by atoms with Gasteiger partial charge in [0.25, 0.3) is 0 Å². The van der Waals surface area contributed by atoms with E-state index in [2.05, 4.69) is 10.1 Å². The second-order valence-electron chi connectivity index (χ2n) is 8.35. The summed E-state index contributed by atoms with van der Waals surface area (Å²) in [5, 5.41) is 4.20. The third-order valence-corrected chi connectivity index (χ3v) is 5.78. The van der Waals surface area contributed by atoms with Gasteiger partial charge < -0.3 is 19.3 Å². The van der Waals surface area contributed by atoms with Gasteiger partial charge in [-0.25, -0.2) is 0 Å². The zero-order valence-electron chi connectivity index (χ0n) is 19.5. The zero-order valence-corrected chi connectivity index (χ0v) is 19.5. The van der Waals surface area contributed by atoms with Gasteiger partial charge in [0, 0.05) is 56.4 Å². The summed E-state index contributed by atoms with van der Waals surface area (Å²) in [6.45, 7) is 1.50. The molecule has 1 atom stereocenters. The van der Waals surface area contributed by atoms with Crippen LogP contribution in [0, 0.1) is 0 Å². The average molecular weight is 464 g/mol. The minimum Gasteiger partial charge on any atom is -0.496 e. The number of ether oxygens (including phenoxy) is 2. The fourth-order valence-electron chi connectivity index (χ4n) is 4.02. The van der Waals surface area contributed by atoms with E-state index < -0.39 is 0 Å². The van der Waals surface area contributed by atoms with Gasteiger partial charge in [0.2, 0.25) is 11.8 Å². The topological polar surface area (TPSA) is 89.8 Å². The number of carbonyl (C=O) groups is 2. The molecule has 2 aromatic heterocycles. The Hall–Kier alpha value is -3.72. The lowest BCUT2D eigenvalue weighted by molar-refractivity contribution is -0.138. The lowest BCUT2D eigenvalue weighted by Crippen LogP contribution is -2.40. The third-order valence-electron chi connectivity index (χ3n) is 5.78. The maximum Gasteiger partial charge on any atom is 0.242 e. The van der Waals surface area contributed by atoms with Crippen LogP contribution in [0.25, 0.3) is 0 Å². The first-order chi connectivity index (χ1) is 16.5. The smallest absolute Gasteiger partial charge is 0.242 e. The molecule has 0 saturated carbocycles. The Balaban J connectivity index is 1.50. The molecule has 1 saturated heterocycles. The lowest BCUT2D eigenvalue weighted by Gasteiger charge is -2.25. The molecule has 34 heavy (non-hydrogen) atoms. The van der Waals surface area contributed by atoms with Crippen LogP contribution in [0.1, 0.15) is 16.7 Å². The summed E-state index contributed by atoms with van der Waals surface area (Å²) in [6.07, 6.45) is 6.88. The molecule has 3 aromatic rings. The molecular weight excluding hydrogens is 434 g/mol. The Morgan fingerprint density at radius 1 is 1.12 bits per heavy atom. The number of hydrogen-bond donors (Lipinski definition) is 0. The van der Waals surface area contributed by atoms with Crippen LogP contribution in [0.3, 0.4) is 0 Å². The second-order valence-corrected chi connectivity index (χ2v) is 8.35. The molecule has 0 bridgehead atoms. The molecular formula is C25H29N5O4. The van der Waals surface area contributed by atoms with Crippen LogP contribution < -0.4 is 4.74 Å². The van der Waals surface area contributed by atoms with Crippen LogP contribution in [0.4, 0.5) is 0 Å². The number of aromatic nitrogens is 3. The Bertz CT molecular complexity index is 1120. The Kier molecular flexibility index (Phi) is 7.54. The second kappa shape index (κ2) is 10.9. The molecule has 1 aliphatic heterocycles. The molecule has 1 aromatic carbocycles. The van der Waals surface area contributed by atoms with Crippen molar-refractivity contribution in [2.24, 2.45) is 7.05 Å². The number of benzene rings is 1. The first kappa shape index (κ1) is 23.4. The highest BCUT2D eigenvalue weighted by atomic mass is 16.5. The van der Waals surface area contributed by atoms with E-state index in [0.717, 1.165) is 16.7 Å². The van der Waals surface area contributed by atoms with E-state index in [9.17, 15) is 9.59 Å². The Labute approximate surface area is 198 Å². The number of hydrogen-bond acceptors (Lipinski definition) is 6. The van der Waals surface area contributed by atoms with E-state index in [-0.39, 0.29) is 30.9 Å². The minimum absolute atomic E-state index is 0.00333. The molecule has 1 aliphatic rings. The van der Waals surface area contributed by atoms with E-state index in [1.807, 2.05) is 49.6 Å². The van der Waals surface area contributed by atoms with Crippen molar-refractivity contribution in [3.63, 3.8) is 0 Å². The maximum atomic E-state index is 13.2. The minimum atomic E-state index is -0.335. The van der Waals surface area contributed by atoms with Crippen LogP contribution >= 0.6 is 0 Å². The molecule has 178 valence electrons.